The van der Waals surface area contributed by atoms with Crippen LogP contribution in [0.15, 0.2) is 18.2 Å². The molecule has 0 amide bonds. The van der Waals surface area contributed by atoms with Gasteiger partial charge in [-0.2, -0.15) is 0 Å². The fourth-order valence-corrected chi connectivity index (χ4v) is 3.79. The lowest BCUT2D eigenvalue weighted by atomic mass is 10.1. The first-order chi connectivity index (χ1) is 8.66. The Morgan fingerprint density at radius 1 is 1.32 bits per heavy atom. The summed E-state index contributed by atoms with van der Waals surface area (Å²) in [7, 11) is -4.12. The Balaban J connectivity index is 3.15. The molecule has 7 heteroatoms. The maximum Gasteiger partial charge on any atom is 0.322 e. The fourth-order valence-electron chi connectivity index (χ4n) is 1.82. The highest BCUT2D eigenvalue weighted by Gasteiger charge is 2.35. The Morgan fingerprint density at radius 3 is 2.37 bits per heavy atom. The van der Waals surface area contributed by atoms with Crippen molar-refractivity contribution in [1.29, 1.82) is 0 Å². The van der Waals surface area contributed by atoms with Crippen LogP contribution in [0.1, 0.15) is 19.4 Å². The number of rotatable bonds is 5. The molecular weight excluding hydrogens is 278 g/mol. The third-order valence-corrected chi connectivity index (χ3v) is 4.86. The molecule has 4 nitrogen and oxygen atoms in total. The van der Waals surface area contributed by atoms with Crippen molar-refractivity contribution in [2.75, 3.05) is 0 Å². The van der Waals surface area contributed by atoms with Crippen LogP contribution in [0.2, 0.25) is 0 Å². The van der Waals surface area contributed by atoms with E-state index in [2.05, 4.69) is 0 Å². The first kappa shape index (κ1) is 15.6. The number of benzene rings is 1. The molecule has 19 heavy (non-hydrogen) atoms. The van der Waals surface area contributed by atoms with E-state index in [-0.39, 0.29) is 5.56 Å². The Morgan fingerprint density at radius 2 is 1.89 bits per heavy atom. The van der Waals surface area contributed by atoms with Crippen molar-refractivity contribution in [3.8, 4) is 0 Å². The lowest BCUT2D eigenvalue weighted by Crippen LogP contribution is -2.36. The van der Waals surface area contributed by atoms with E-state index >= 15 is 0 Å². The van der Waals surface area contributed by atoms with Crippen LogP contribution >= 0.6 is 0 Å². The van der Waals surface area contributed by atoms with E-state index in [9.17, 15) is 22.0 Å². The molecule has 1 aromatic rings. The van der Waals surface area contributed by atoms with Gasteiger partial charge in [0.1, 0.15) is 0 Å². The van der Waals surface area contributed by atoms with Gasteiger partial charge in [-0.25, -0.2) is 17.2 Å². The first-order valence-corrected chi connectivity index (χ1v) is 7.25. The molecule has 0 saturated heterocycles. The van der Waals surface area contributed by atoms with Gasteiger partial charge in [0.15, 0.2) is 26.7 Å². The summed E-state index contributed by atoms with van der Waals surface area (Å²) < 4.78 is 50.4. The van der Waals surface area contributed by atoms with Gasteiger partial charge in [-0.3, -0.25) is 4.79 Å². The van der Waals surface area contributed by atoms with E-state index in [1.165, 1.54) is 19.9 Å². The average molecular weight is 292 g/mol. The number of hydrogen-bond acceptors (Lipinski definition) is 3. The topological polar surface area (TPSA) is 71.4 Å². The van der Waals surface area contributed by atoms with Crippen molar-refractivity contribution in [2.24, 2.45) is 5.92 Å². The maximum absolute atomic E-state index is 13.4. The standard InChI is InChI=1S/C12H14F2O4S/c1-7(2)11(12(15)16)19(17,18)6-8-4-3-5-9(13)10(8)14/h3-5,7,11H,6H2,1-2H3,(H,15,16). The summed E-state index contributed by atoms with van der Waals surface area (Å²) in [4.78, 5) is 11.0. The van der Waals surface area contributed by atoms with Crippen LogP contribution in [0.25, 0.3) is 0 Å². The second kappa shape index (κ2) is 5.64. The van der Waals surface area contributed by atoms with Crippen LogP contribution in [0.5, 0.6) is 0 Å². The Kier molecular flexibility index (Phi) is 4.62. The number of carboxylic acid groups (broad SMARTS) is 1. The van der Waals surface area contributed by atoms with E-state index in [0.717, 1.165) is 12.1 Å². The number of aliphatic carboxylic acids is 1. The fraction of sp³-hybridized carbons (Fsp3) is 0.417. The highest BCUT2D eigenvalue weighted by Crippen LogP contribution is 2.21. The quantitative estimate of drug-likeness (QED) is 0.901. The highest BCUT2D eigenvalue weighted by atomic mass is 32.2. The third-order valence-electron chi connectivity index (χ3n) is 2.62. The van der Waals surface area contributed by atoms with Gasteiger partial charge in [-0.1, -0.05) is 26.0 Å². The van der Waals surface area contributed by atoms with Gasteiger partial charge in [0, 0.05) is 5.56 Å². The second-order valence-electron chi connectivity index (χ2n) is 4.52. The van der Waals surface area contributed by atoms with Crippen LogP contribution in [-0.2, 0) is 20.4 Å². The summed E-state index contributed by atoms with van der Waals surface area (Å²) >= 11 is 0. The van der Waals surface area contributed by atoms with Crippen molar-refractivity contribution in [1.82, 2.24) is 0 Å². The van der Waals surface area contributed by atoms with Gasteiger partial charge in [0.05, 0.1) is 5.75 Å². The molecule has 0 bridgehead atoms. The summed E-state index contributed by atoms with van der Waals surface area (Å²) in [6.07, 6.45) is 0. The Bertz CT molecular complexity index is 581. The van der Waals surface area contributed by atoms with Gasteiger partial charge >= 0.3 is 5.97 Å². The Labute approximate surface area is 110 Å². The third kappa shape index (κ3) is 3.50. The van der Waals surface area contributed by atoms with Gasteiger partial charge in [-0.05, 0) is 12.0 Å². The van der Waals surface area contributed by atoms with E-state index in [4.69, 9.17) is 5.11 Å². The van der Waals surface area contributed by atoms with E-state index in [0.29, 0.717) is 0 Å². The molecule has 0 aliphatic carbocycles. The molecule has 1 atom stereocenters. The molecule has 0 aliphatic rings. The summed E-state index contributed by atoms with van der Waals surface area (Å²) in [6, 6.07) is 3.16. The van der Waals surface area contributed by atoms with Gasteiger partial charge in [-0.15, -0.1) is 0 Å². The zero-order chi connectivity index (χ0) is 14.8. The molecule has 0 fully saturated rings. The van der Waals surface area contributed by atoms with Crippen LogP contribution in [0.4, 0.5) is 8.78 Å². The van der Waals surface area contributed by atoms with E-state index in [1.807, 2.05) is 0 Å². The second-order valence-corrected chi connectivity index (χ2v) is 6.65. The molecule has 0 radical (unpaired) electrons. The van der Waals surface area contributed by atoms with Gasteiger partial charge in [0.25, 0.3) is 0 Å². The smallest absolute Gasteiger partial charge is 0.322 e. The molecule has 0 aromatic heterocycles. The van der Waals surface area contributed by atoms with Crippen LogP contribution in [0, 0.1) is 17.6 Å². The summed E-state index contributed by atoms with van der Waals surface area (Å²) in [5.74, 6) is -5.43. The van der Waals surface area contributed by atoms with Crippen LogP contribution in [-0.4, -0.2) is 24.7 Å². The minimum absolute atomic E-state index is 0.369. The predicted molar refractivity (Wildman–Crippen MR) is 65.2 cm³/mol. The van der Waals surface area contributed by atoms with Crippen molar-refractivity contribution >= 4 is 15.8 Å². The van der Waals surface area contributed by atoms with Crippen molar-refractivity contribution in [2.45, 2.75) is 24.9 Å². The first-order valence-electron chi connectivity index (χ1n) is 5.54. The lowest BCUT2D eigenvalue weighted by molar-refractivity contribution is -0.137. The number of hydrogen-bond donors (Lipinski definition) is 1. The van der Waals surface area contributed by atoms with Crippen molar-refractivity contribution < 1.29 is 27.1 Å². The average Bonchev–Trinajstić information content (AvgIpc) is 2.22. The summed E-state index contributed by atoms with van der Waals surface area (Å²) in [5.41, 5.74) is -0.369. The largest absolute Gasteiger partial charge is 0.480 e. The predicted octanol–water partition coefficient (Wildman–Crippen LogP) is 1.99. The monoisotopic (exact) mass is 292 g/mol. The zero-order valence-electron chi connectivity index (χ0n) is 10.4. The Hall–Kier alpha value is -1.50. The molecule has 0 heterocycles. The molecule has 1 N–H and O–H groups in total. The number of halogens is 2. The molecule has 0 aliphatic heterocycles. The van der Waals surface area contributed by atoms with E-state index in [1.54, 1.807) is 0 Å². The molecular formula is C12H14F2O4S. The number of carboxylic acids is 1. The van der Waals surface area contributed by atoms with Crippen molar-refractivity contribution in [3.63, 3.8) is 0 Å². The zero-order valence-corrected chi connectivity index (χ0v) is 11.2. The SMILES string of the molecule is CC(C)C(C(=O)O)S(=O)(=O)Cc1cccc(F)c1F. The van der Waals surface area contributed by atoms with Gasteiger partial charge in [0.2, 0.25) is 0 Å². The van der Waals surface area contributed by atoms with Crippen LogP contribution < -0.4 is 0 Å². The van der Waals surface area contributed by atoms with Crippen molar-refractivity contribution in [3.05, 3.63) is 35.4 Å². The number of carbonyl (C=O) groups is 1. The summed E-state index contributed by atoms with van der Waals surface area (Å²) in [5, 5.41) is 7.29. The molecule has 106 valence electrons. The van der Waals surface area contributed by atoms with E-state index < -0.39 is 44.4 Å². The molecule has 0 saturated carbocycles. The van der Waals surface area contributed by atoms with Crippen LogP contribution in [0.3, 0.4) is 0 Å². The highest BCUT2D eigenvalue weighted by molar-refractivity contribution is 7.92. The summed E-state index contributed by atoms with van der Waals surface area (Å²) in [6.45, 7) is 2.89. The molecule has 1 aromatic carbocycles. The maximum atomic E-state index is 13.4. The minimum atomic E-state index is -4.12. The number of sulfone groups is 1. The van der Waals surface area contributed by atoms with Gasteiger partial charge < -0.3 is 5.11 Å². The normalized spacial score (nSPS) is 13.5. The molecule has 1 rings (SSSR count). The molecule has 0 spiro atoms. The minimum Gasteiger partial charge on any atom is -0.480 e. The lowest BCUT2D eigenvalue weighted by Gasteiger charge is -2.17. The molecule has 1 unspecified atom stereocenters.